The van der Waals surface area contributed by atoms with Crippen LogP contribution in [0.3, 0.4) is 0 Å². The van der Waals surface area contributed by atoms with E-state index in [0.29, 0.717) is 11.0 Å². The van der Waals surface area contributed by atoms with Gasteiger partial charge in [0.15, 0.2) is 5.15 Å². The number of rotatable bonds is 0. The highest BCUT2D eigenvalue weighted by atomic mass is 79.9. The normalized spacial score (nSPS) is 11.2. The predicted molar refractivity (Wildman–Crippen MR) is 72.6 cm³/mol. The van der Waals surface area contributed by atoms with Crippen LogP contribution >= 0.6 is 39.1 Å². The quantitative estimate of drug-likeness (QED) is 0.352. The molecule has 2 heterocycles. The predicted octanol–water partition coefficient (Wildman–Crippen LogP) is 4.25. The Hall–Kier alpha value is -0.970. The van der Waals surface area contributed by atoms with Gasteiger partial charge in [0.2, 0.25) is 5.28 Å². The molecular weight excluding hydrogens is 325 g/mol. The minimum absolute atomic E-state index is 0.126. The lowest BCUT2D eigenvalue weighted by Crippen LogP contribution is -1.90. The van der Waals surface area contributed by atoms with Crippen LogP contribution in [0.25, 0.3) is 21.9 Å². The molecule has 0 aliphatic carbocycles. The Balaban J connectivity index is 2.48. The van der Waals surface area contributed by atoms with E-state index >= 15 is 0 Å². The van der Waals surface area contributed by atoms with E-state index in [0.717, 1.165) is 15.4 Å². The van der Waals surface area contributed by atoms with Crippen molar-refractivity contribution in [1.29, 1.82) is 0 Å². The molecule has 0 fully saturated rings. The summed E-state index contributed by atoms with van der Waals surface area (Å²) < 4.78 is 0.961. The first-order valence-corrected chi connectivity index (χ1v) is 6.27. The van der Waals surface area contributed by atoms with Gasteiger partial charge in [-0.25, -0.2) is 15.0 Å². The molecule has 3 aromatic rings. The first kappa shape index (κ1) is 11.1. The Labute approximate surface area is 115 Å². The summed E-state index contributed by atoms with van der Waals surface area (Å²) in [5.74, 6) is 0. The summed E-state index contributed by atoms with van der Waals surface area (Å²) in [7, 11) is 0. The third-order valence-electron chi connectivity index (χ3n) is 2.36. The molecule has 17 heavy (non-hydrogen) atoms. The molecule has 0 spiro atoms. The molecule has 3 nitrogen and oxygen atoms in total. The molecule has 0 aliphatic heterocycles. The van der Waals surface area contributed by atoms with Gasteiger partial charge in [0.25, 0.3) is 0 Å². The number of aromatic nitrogens is 3. The average molecular weight is 329 g/mol. The fourth-order valence-electron chi connectivity index (χ4n) is 1.62. The van der Waals surface area contributed by atoms with Gasteiger partial charge in [-0.3, -0.25) is 0 Å². The number of halogens is 3. The maximum atomic E-state index is 5.99. The lowest BCUT2D eigenvalue weighted by molar-refractivity contribution is 1.21. The largest absolute Gasteiger partial charge is 0.243 e. The number of hydrogen-bond donors (Lipinski definition) is 0. The number of hydrogen-bond acceptors (Lipinski definition) is 3. The van der Waals surface area contributed by atoms with Crippen molar-refractivity contribution in [3.05, 3.63) is 39.2 Å². The molecule has 0 aliphatic rings. The minimum Gasteiger partial charge on any atom is -0.243 e. The SMILES string of the molecule is Clc1nc(Cl)c2nc3cc(Br)ccc3cc2n1. The summed E-state index contributed by atoms with van der Waals surface area (Å²) in [5.41, 5.74) is 2.03. The van der Waals surface area contributed by atoms with E-state index in [2.05, 4.69) is 30.9 Å². The van der Waals surface area contributed by atoms with Gasteiger partial charge in [-0.15, -0.1) is 0 Å². The number of benzene rings is 1. The van der Waals surface area contributed by atoms with E-state index in [1.165, 1.54) is 0 Å². The van der Waals surface area contributed by atoms with Crippen molar-refractivity contribution in [3.8, 4) is 0 Å². The second-order valence-corrected chi connectivity index (χ2v) is 5.09. The first-order chi connectivity index (χ1) is 8.13. The summed E-state index contributed by atoms with van der Waals surface area (Å²) in [4.78, 5) is 12.4. The molecule has 0 N–H and O–H groups in total. The van der Waals surface area contributed by atoms with Crippen LogP contribution in [0, 0.1) is 0 Å². The molecule has 6 heteroatoms. The Morgan fingerprint density at radius 3 is 2.59 bits per heavy atom. The van der Waals surface area contributed by atoms with Crippen molar-refractivity contribution in [2.24, 2.45) is 0 Å². The zero-order valence-corrected chi connectivity index (χ0v) is 11.4. The van der Waals surface area contributed by atoms with Gasteiger partial charge in [-0.2, -0.15) is 0 Å². The van der Waals surface area contributed by atoms with Crippen molar-refractivity contribution in [2.45, 2.75) is 0 Å². The standard InChI is InChI=1S/C11H4BrCl2N3/c12-6-2-1-5-3-8-9(15-7(5)4-6)10(13)17-11(14)16-8/h1-4H. The van der Waals surface area contributed by atoms with Gasteiger partial charge in [-0.1, -0.05) is 33.6 Å². The van der Waals surface area contributed by atoms with Gasteiger partial charge in [0, 0.05) is 9.86 Å². The van der Waals surface area contributed by atoms with Crippen LogP contribution in [-0.4, -0.2) is 15.0 Å². The second kappa shape index (κ2) is 4.05. The van der Waals surface area contributed by atoms with Crippen molar-refractivity contribution >= 4 is 61.1 Å². The van der Waals surface area contributed by atoms with Gasteiger partial charge < -0.3 is 0 Å². The van der Waals surface area contributed by atoms with E-state index in [9.17, 15) is 0 Å². The van der Waals surface area contributed by atoms with Crippen LogP contribution in [0.4, 0.5) is 0 Å². The van der Waals surface area contributed by atoms with Crippen LogP contribution in [0.15, 0.2) is 28.7 Å². The maximum Gasteiger partial charge on any atom is 0.224 e. The van der Waals surface area contributed by atoms with Gasteiger partial charge in [-0.05, 0) is 29.8 Å². The number of fused-ring (bicyclic) bond motifs is 2. The lowest BCUT2D eigenvalue weighted by Gasteiger charge is -2.03. The summed E-state index contributed by atoms with van der Waals surface area (Å²) in [6.45, 7) is 0. The highest BCUT2D eigenvalue weighted by Crippen LogP contribution is 2.25. The molecule has 1 aromatic carbocycles. The molecule has 0 unspecified atom stereocenters. The van der Waals surface area contributed by atoms with Crippen LogP contribution in [-0.2, 0) is 0 Å². The van der Waals surface area contributed by atoms with E-state index in [1.807, 2.05) is 24.3 Å². The van der Waals surface area contributed by atoms with E-state index < -0.39 is 0 Å². The fraction of sp³-hybridized carbons (Fsp3) is 0. The summed E-state index contributed by atoms with van der Waals surface area (Å²) in [5, 5.41) is 1.37. The third-order valence-corrected chi connectivity index (χ3v) is 3.28. The van der Waals surface area contributed by atoms with Gasteiger partial charge >= 0.3 is 0 Å². The van der Waals surface area contributed by atoms with Crippen molar-refractivity contribution in [2.75, 3.05) is 0 Å². The molecule has 0 atom stereocenters. The average Bonchev–Trinajstić information content (AvgIpc) is 2.27. The summed E-state index contributed by atoms with van der Waals surface area (Å²) in [6.07, 6.45) is 0. The van der Waals surface area contributed by atoms with Crippen molar-refractivity contribution in [3.63, 3.8) is 0 Å². The molecule has 3 rings (SSSR count). The smallest absolute Gasteiger partial charge is 0.224 e. The van der Waals surface area contributed by atoms with Crippen LogP contribution in [0.2, 0.25) is 10.4 Å². The molecule has 84 valence electrons. The molecule has 0 radical (unpaired) electrons. The summed E-state index contributed by atoms with van der Waals surface area (Å²) in [6, 6.07) is 7.71. The zero-order chi connectivity index (χ0) is 12.0. The van der Waals surface area contributed by atoms with Crippen molar-refractivity contribution in [1.82, 2.24) is 15.0 Å². The van der Waals surface area contributed by atoms with Crippen molar-refractivity contribution < 1.29 is 0 Å². The van der Waals surface area contributed by atoms with E-state index in [1.54, 1.807) is 0 Å². The second-order valence-electron chi connectivity index (χ2n) is 3.48. The highest BCUT2D eigenvalue weighted by molar-refractivity contribution is 9.10. The fourth-order valence-corrected chi connectivity index (χ4v) is 2.41. The first-order valence-electron chi connectivity index (χ1n) is 4.72. The third kappa shape index (κ3) is 1.97. The Morgan fingerprint density at radius 1 is 0.941 bits per heavy atom. The molecule has 0 saturated heterocycles. The van der Waals surface area contributed by atoms with Crippen LogP contribution < -0.4 is 0 Å². The number of nitrogens with zero attached hydrogens (tertiary/aromatic N) is 3. The molecule has 0 saturated carbocycles. The maximum absolute atomic E-state index is 5.99. The Bertz CT molecular complexity index is 745. The Morgan fingerprint density at radius 2 is 1.76 bits per heavy atom. The zero-order valence-electron chi connectivity index (χ0n) is 8.28. The molecule has 0 bridgehead atoms. The van der Waals surface area contributed by atoms with E-state index in [-0.39, 0.29) is 10.4 Å². The van der Waals surface area contributed by atoms with Crippen LogP contribution in [0.1, 0.15) is 0 Å². The summed E-state index contributed by atoms with van der Waals surface area (Å²) >= 11 is 15.2. The van der Waals surface area contributed by atoms with Gasteiger partial charge in [0.1, 0.15) is 5.52 Å². The van der Waals surface area contributed by atoms with E-state index in [4.69, 9.17) is 23.2 Å². The number of pyridine rings is 1. The topological polar surface area (TPSA) is 38.7 Å². The lowest BCUT2D eigenvalue weighted by atomic mass is 10.2. The molecule has 2 aromatic heterocycles. The minimum atomic E-state index is 0.126. The molecule has 0 amide bonds. The van der Waals surface area contributed by atoms with Gasteiger partial charge in [0.05, 0.1) is 11.0 Å². The Kier molecular flexibility index (Phi) is 2.65. The monoisotopic (exact) mass is 327 g/mol. The molecular formula is C11H4BrCl2N3. The van der Waals surface area contributed by atoms with Crippen LogP contribution in [0.5, 0.6) is 0 Å². The highest BCUT2D eigenvalue weighted by Gasteiger charge is 2.08.